The van der Waals surface area contributed by atoms with Gasteiger partial charge in [0.2, 0.25) is 0 Å². The lowest BCUT2D eigenvalue weighted by Gasteiger charge is -2.34. The summed E-state index contributed by atoms with van der Waals surface area (Å²) in [6.07, 6.45) is -0.367. The van der Waals surface area contributed by atoms with Crippen LogP contribution in [0.2, 0.25) is 0 Å². The third-order valence-corrected chi connectivity index (χ3v) is 5.31. The number of cyclic esters (lactones) is 1. The molecule has 30 heavy (non-hydrogen) atoms. The van der Waals surface area contributed by atoms with Crippen LogP contribution in [0.3, 0.4) is 0 Å². The number of anilines is 2. The number of carbonyl (C=O) groups excluding carboxylic acids is 3. The minimum atomic E-state index is -0.367. The van der Waals surface area contributed by atoms with Crippen LogP contribution in [0.15, 0.2) is 48.5 Å². The molecular formula is C22H24N4O4. The van der Waals surface area contributed by atoms with Crippen molar-refractivity contribution in [3.05, 3.63) is 59.7 Å². The first kappa shape index (κ1) is 19.8. The molecule has 0 aromatic heterocycles. The van der Waals surface area contributed by atoms with Gasteiger partial charge in [-0.25, -0.2) is 9.59 Å². The lowest BCUT2D eigenvalue weighted by atomic mass is 10.1. The number of amides is 4. The van der Waals surface area contributed by atoms with E-state index >= 15 is 0 Å². The number of rotatable bonds is 3. The third-order valence-electron chi connectivity index (χ3n) is 5.31. The SMILES string of the molecule is Cc1cccc(NC(=O)N2CCN(C(=O)c3ccc(N4CCOC4=O)cc3)CC2)c1. The Bertz CT molecular complexity index is 952. The molecule has 2 fully saturated rings. The third kappa shape index (κ3) is 4.22. The molecule has 2 saturated heterocycles. The van der Waals surface area contributed by atoms with Gasteiger partial charge in [0.05, 0.1) is 6.54 Å². The fourth-order valence-corrected chi connectivity index (χ4v) is 3.63. The molecule has 2 aliphatic rings. The first-order valence-electron chi connectivity index (χ1n) is 9.97. The average molecular weight is 408 g/mol. The van der Waals surface area contributed by atoms with Crippen LogP contribution in [0.5, 0.6) is 0 Å². The molecule has 0 aliphatic carbocycles. The molecule has 1 N–H and O–H groups in total. The molecule has 2 heterocycles. The lowest BCUT2D eigenvalue weighted by Crippen LogP contribution is -2.51. The van der Waals surface area contributed by atoms with Crippen LogP contribution in [0.25, 0.3) is 0 Å². The van der Waals surface area contributed by atoms with Crippen molar-refractivity contribution in [2.75, 3.05) is 49.5 Å². The van der Waals surface area contributed by atoms with E-state index in [1.54, 1.807) is 39.0 Å². The molecule has 4 amide bonds. The maximum absolute atomic E-state index is 12.8. The lowest BCUT2D eigenvalue weighted by molar-refractivity contribution is 0.0671. The predicted molar refractivity (Wildman–Crippen MR) is 113 cm³/mol. The van der Waals surface area contributed by atoms with Crippen LogP contribution in [0, 0.1) is 6.92 Å². The van der Waals surface area contributed by atoms with Gasteiger partial charge in [0, 0.05) is 43.1 Å². The van der Waals surface area contributed by atoms with E-state index in [4.69, 9.17) is 4.74 Å². The number of urea groups is 1. The zero-order chi connectivity index (χ0) is 21.1. The Kier molecular flexibility index (Phi) is 5.56. The van der Waals surface area contributed by atoms with Gasteiger partial charge in [0.25, 0.3) is 5.91 Å². The van der Waals surface area contributed by atoms with Crippen LogP contribution in [0.1, 0.15) is 15.9 Å². The quantitative estimate of drug-likeness (QED) is 0.847. The summed E-state index contributed by atoms with van der Waals surface area (Å²) in [5.41, 5.74) is 3.12. The van der Waals surface area contributed by atoms with Crippen LogP contribution < -0.4 is 10.2 Å². The zero-order valence-electron chi connectivity index (χ0n) is 16.8. The van der Waals surface area contributed by atoms with Gasteiger partial charge in [-0.3, -0.25) is 9.69 Å². The molecule has 8 heteroatoms. The van der Waals surface area contributed by atoms with E-state index in [0.29, 0.717) is 50.6 Å². The Morgan fingerprint density at radius 2 is 1.63 bits per heavy atom. The molecule has 156 valence electrons. The second kappa shape index (κ2) is 8.44. The first-order valence-corrected chi connectivity index (χ1v) is 9.97. The number of hydrogen-bond acceptors (Lipinski definition) is 4. The van der Waals surface area contributed by atoms with Crippen molar-refractivity contribution in [2.45, 2.75) is 6.92 Å². The van der Waals surface area contributed by atoms with Crippen LogP contribution in [-0.4, -0.2) is 67.2 Å². The molecule has 2 aromatic rings. The van der Waals surface area contributed by atoms with Crippen molar-refractivity contribution in [3.8, 4) is 0 Å². The number of piperazine rings is 1. The van der Waals surface area contributed by atoms with Gasteiger partial charge in [0.1, 0.15) is 6.61 Å². The van der Waals surface area contributed by atoms with Gasteiger partial charge in [-0.1, -0.05) is 12.1 Å². The minimum Gasteiger partial charge on any atom is -0.447 e. The Morgan fingerprint density at radius 3 is 2.27 bits per heavy atom. The molecule has 0 atom stereocenters. The van der Waals surface area contributed by atoms with Crippen molar-refractivity contribution < 1.29 is 19.1 Å². The molecular weight excluding hydrogens is 384 g/mol. The van der Waals surface area contributed by atoms with Gasteiger partial charge in [-0.2, -0.15) is 0 Å². The Balaban J connectivity index is 1.31. The first-order chi connectivity index (χ1) is 14.5. The fourth-order valence-electron chi connectivity index (χ4n) is 3.63. The van der Waals surface area contributed by atoms with E-state index in [2.05, 4.69) is 5.32 Å². The van der Waals surface area contributed by atoms with Crippen LogP contribution in [-0.2, 0) is 4.74 Å². The Hall–Kier alpha value is -3.55. The summed E-state index contributed by atoms with van der Waals surface area (Å²) in [7, 11) is 0. The number of ether oxygens (including phenoxy) is 1. The molecule has 2 aromatic carbocycles. The Labute approximate surface area is 175 Å². The van der Waals surface area contributed by atoms with E-state index in [0.717, 1.165) is 11.3 Å². The topological polar surface area (TPSA) is 82.2 Å². The van der Waals surface area contributed by atoms with E-state index < -0.39 is 0 Å². The highest BCUT2D eigenvalue weighted by Crippen LogP contribution is 2.20. The highest BCUT2D eigenvalue weighted by Gasteiger charge is 2.26. The summed E-state index contributed by atoms with van der Waals surface area (Å²) < 4.78 is 4.94. The smallest absolute Gasteiger partial charge is 0.414 e. The van der Waals surface area contributed by atoms with Crippen molar-refractivity contribution >= 4 is 29.4 Å². The van der Waals surface area contributed by atoms with E-state index in [-0.39, 0.29) is 18.0 Å². The number of aryl methyl sites for hydroxylation is 1. The average Bonchev–Trinajstić information content (AvgIpc) is 3.19. The molecule has 4 rings (SSSR count). The maximum atomic E-state index is 12.8. The molecule has 8 nitrogen and oxygen atoms in total. The van der Waals surface area contributed by atoms with Gasteiger partial charge >= 0.3 is 12.1 Å². The number of nitrogens with zero attached hydrogens (tertiary/aromatic N) is 3. The van der Waals surface area contributed by atoms with Crippen molar-refractivity contribution in [2.24, 2.45) is 0 Å². The molecule has 2 aliphatic heterocycles. The summed E-state index contributed by atoms with van der Waals surface area (Å²) in [5.74, 6) is -0.0794. The number of benzene rings is 2. The fraction of sp³-hybridized carbons (Fsp3) is 0.318. The maximum Gasteiger partial charge on any atom is 0.414 e. The van der Waals surface area contributed by atoms with E-state index in [9.17, 15) is 14.4 Å². The predicted octanol–water partition coefficient (Wildman–Crippen LogP) is 2.94. The molecule has 0 saturated carbocycles. The number of nitrogens with one attached hydrogen (secondary N) is 1. The van der Waals surface area contributed by atoms with Crippen LogP contribution in [0.4, 0.5) is 21.0 Å². The van der Waals surface area contributed by atoms with Crippen molar-refractivity contribution in [1.29, 1.82) is 0 Å². The van der Waals surface area contributed by atoms with Gasteiger partial charge < -0.3 is 19.9 Å². The molecule has 0 radical (unpaired) electrons. The molecule has 0 spiro atoms. The normalized spacial score (nSPS) is 16.4. The second-order valence-electron chi connectivity index (χ2n) is 7.39. The van der Waals surface area contributed by atoms with E-state index in [1.165, 1.54) is 0 Å². The van der Waals surface area contributed by atoms with Crippen molar-refractivity contribution in [3.63, 3.8) is 0 Å². The highest BCUT2D eigenvalue weighted by atomic mass is 16.6. The number of carbonyl (C=O) groups is 3. The standard InChI is InChI=1S/C22H24N4O4/c1-16-3-2-4-18(15-16)23-21(28)25-11-9-24(10-12-25)20(27)17-5-7-19(8-6-17)26-13-14-30-22(26)29/h2-8,15H,9-14H2,1H3,(H,23,28). The minimum absolute atomic E-state index is 0.0794. The summed E-state index contributed by atoms with van der Waals surface area (Å²) in [6.45, 7) is 4.76. The van der Waals surface area contributed by atoms with Crippen LogP contribution >= 0.6 is 0 Å². The molecule has 0 bridgehead atoms. The van der Waals surface area contributed by atoms with E-state index in [1.807, 2.05) is 31.2 Å². The molecule has 0 unspecified atom stereocenters. The number of hydrogen-bond donors (Lipinski definition) is 1. The van der Waals surface area contributed by atoms with Gasteiger partial charge in [-0.05, 0) is 48.9 Å². The summed E-state index contributed by atoms with van der Waals surface area (Å²) in [4.78, 5) is 41.9. The summed E-state index contributed by atoms with van der Waals surface area (Å²) >= 11 is 0. The van der Waals surface area contributed by atoms with Gasteiger partial charge in [0.15, 0.2) is 0 Å². The monoisotopic (exact) mass is 408 g/mol. The largest absolute Gasteiger partial charge is 0.447 e. The Morgan fingerprint density at radius 1 is 0.933 bits per heavy atom. The summed E-state index contributed by atoms with van der Waals surface area (Å²) in [6, 6.07) is 14.5. The highest BCUT2D eigenvalue weighted by molar-refractivity contribution is 5.96. The second-order valence-corrected chi connectivity index (χ2v) is 7.39. The van der Waals surface area contributed by atoms with Crippen molar-refractivity contribution in [1.82, 2.24) is 9.80 Å². The zero-order valence-corrected chi connectivity index (χ0v) is 16.8. The van der Waals surface area contributed by atoms with Gasteiger partial charge in [-0.15, -0.1) is 0 Å². The summed E-state index contributed by atoms with van der Waals surface area (Å²) in [5, 5.41) is 2.91.